The van der Waals surface area contributed by atoms with Gasteiger partial charge in [0.2, 0.25) is 0 Å². The fourth-order valence-electron chi connectivity index (χ4n) is 0.578. The van der Waals surface area contributed by atoms with Crippen LogP contribution in [0, 0.1) is 0 Å². The monoisotopic (exact) mass is 167 g/mol. The van der Waals surface area contributed by atoms with Gasteiger partial charge in [0.15, 0.2) is 0 Å². The van der Waals surface area contributed by atoms with Gasteiger partial charge in [-0.15, -0.1) is 11.7 Å². The van der Waals surface area contributed by atoms with Gasteiger partial charge < -0.3 is 5.73 Å². The van der Waals surface area contributed by atoms with Gasteiger partial charge in [-0.25, -0.2) is 0 Å². The standard InChI is InChI=1S/C7H9N3S/c1-2-5-11-7-6(8)3-4-9-10-7/h2-4H,1,5H2,(H2,8,9). The third-order valence-electron chi connectivity index (χ3n) is 1.05. The average Bonchev–Trinajstić information content (AvgIpc) is 2.03. The number of nitrogens with zero attached hydrogens (tertiary/aromatic N) is 2. The maximum absolute atomic E-state index is 5.60. The van der Waals surface area contributed by atoms with Gasteiger partial charge in [-0.05, 0) is 6.07 Å². The molecule has 1 heterocycles. The van der Waals surface area contributed by atoms with E-state index in [0.717, 1.165) is 10.8 Å². The van der Waals surface area contributed by atoms with E-state index in [4.69, 9.17) is 5.73 Å². The molecule has 1 aromatic heterocycles. The first kappa shape index (κ1) is 8.07. The Balaban J connectivity index is 2.69. The van der Waals surface area contributed by atoms with E-state index in [1.165, 1.54) is 11.8 Å². The highest BCUT2D eigenvalue weighted by Gasteiger charge is 1.97. The van der Waals surface area contributed by atoms with Crippen LogP contribution in [0.25, 0.3) is 0 Å². The molecule has 3 nitrogen and oxygen atoms in total. The maximum atomic E-state index is 5.60. The quantitative estimate of drug-likeness (QED) is 0.545. The summed E-state index contributed by atoms with van der Waals surface area (Å²) in [7, 11) is 0. The number of anilines is 1. The molecule has 0 fully saturated rings. The lowest BCUT2D eigenvalue weighted by molar-refractivity contribution is 0.936. The highest BCUT2D eigenvalue weighted by atomic mass is 32.2. The van der Waals surface area contributed by atoms with E-state index in [9.17, 15) is 0 Å². The first-order valence-corrected chi connectivity index (χ1v) is 4.14. The maximum Gasteiger partial charge on any atom is 0.142 e. The fraction of sp³-hybridized carbons (Fsp3) is 0.143. The van der Waals surface area contributed by atoms with Gasteiger partial charge in [0.05, 0.1) is 11.9 Å². The van der Waals surface area contributed by atoms with E-state index in [1.807, 2.05) is 0 Å². The number of nitrogen functional groups attached to an aromatic ring is 1. The Bertz CT molecular complexity index is 249. The van der Waals surface area contributed by atoms with Gasteiger partial charge in [0, 0.05) is 5.75 Å². The van der Waals surface area contributed by atoms with Gasteiger partial charge in [-0.2, -0.15) is 5.10 Å². The summed E-state index contributed by atoms with van der Waals surface area (Å²) in [6.07, 6.45) is 3.38. The van der Waals surface area contributed by atoms with Crippen LogP contribution in [0.3, 0.4) is 0 Å². The number of aromatic nitrogens is 2. The number of nitrogens with two attached hydrogens (primary N) is 1. The summed E-state index contributed by atoms with van der Waals surface area (Å²) < 4.78 is 0. The van der Waals surface area contributed by atoms with Crippen molar-refractivity contribution >= 4 is 17.4 Å². The Labute approximate surface area is 69.7 Å². The molecular formula is C7H9N3S. The van der Waals surface area contributed by atoms with Crippen LogP contribution in [0.1, 0.15) is 0 Å². The molecule has 0 bridgehead atoms. The SMILES string of the molecule is C=CCSc1nnccc1N. The van der Waals surface area contributed by atoms with Crippen LogP contribution in [0.15, 0.2) is 29.9 Å². The van der Waals surface area contributed by atoms with E-state index >= 15 is 0 Å². The Morgan fingerprint density at radius 1 is 1.73 bits per heavy atom. The highest BCUT2D eigenvalue weighted by molar-refractivity contribution is 7.99. The number of rotatable bonds is 3. The first-order chi connectivity index (χ1) is 5.34. The molecular weight excluding hydrogens is 158 g/mol. The van der Waals surface area contributed by atoms with Crippen LogP contribution in [0.5, 0.6) is 0 Å². The summed E-state index contributed by atoms with van der Waals surface area (Å²) >= 11 is 1.53. The normalized spacial score (nSPS) is 9.45. The van der Waals surface area contributed by atoms with Crippen molar-refractivity contribution < 1.29 is 0 Å². The molecule has 4 heteroatoms. The van der Waals surface area contributed by atoms with E-state index in [0.29, 0.717) is 5.69 Å². The van der Waals surface area contributed by atoms with Crippen molar-refractivity contribution in [2.45, 2.75) is 5.03 Å². The Morgan fingerprint density at radius 2 is 2.55 bits per heavy atom. The van der Waals surface area contributed by atoms with Gasteiger partial charge in [-0.3, -0.25) is 0 Å². The summed E-state index contributed by atoms with van der Waals surface area (Å²) in [6.45, 7) is 3.60. The van der Waals surface area contributed by atoms with Crippen molar-refractivity contribution in [1.82, 2.24) is 10.2 Å². The summed E-state index contributed by atoms with van der Waals surface area (Å²) in [5.41, 5.74) is 6.28. The van der Waals surface area contributed by atoms with E-state index in [-0.39, 0.29) is 0 Å². The first-order valence-electron chi connectivity index (χ1n) is 3.15. The molecule has 0 spiro atoms. The average molecular weight is 167 g/mol. The van der Waals surface area contributed by atoms with Crippen molar-refractivity contribution in [2.24, 2.45) is 0 Å². The summed E-state index contributed by atoms with van der Waals surface area (Å²) in [6, 6.07) is 1.73. The zero-order valence-electron chi connectivity index (χ0n) is 6.03. The van der Waals surface area contributed by atoms with Crippen LogP contribution < -0.4 is 5.73 Å². The lowest BCUT2D eigenvalue weighted by Gasteiger charge is -1.98. The predicted octanol–water partition coefficient (Wildman–Crippen LogP) is 1.34. The molecule has 0 saturated carbocycles. The lowest BCUT2D eigenvalue weighted by Crippen LogP contribution is -1.93. The summed E-state index contributed by atoms with van der Waals surface area (Å²) in [4.78, 5) is 0. The molecule has 1 rings (SSSR count). The highest BCUT2D eigenvalue weighted by Crippen LogP contribution is 2.20. The smallest absolute Gasteiger partial charge is 0.142 e. The largest absolute Gasteiger partial charge is 0.396 e. The number of thioether (sulfide) groups is 1. The molecule has 0 aliphatic rings. The van der Waals surface area contributed by atoms with Crippen LogP contribution >= 0.6 is 11.8 Å². The predicted molar refractivity (Wildman–Crippen MR) is 47.4 cm³/mol. The second kappa shape index (κ2) is 3.98. The van der Waals surface area contributed by atoms with Gasteiger partial charge in [-0.1, -0.05) is 17.8 Å². The molecule has 0 saturated heterocycles. The Morgan fingerprint density at radius 3 is 3.18 bits per heavy atom. The minimum absolute atomic E-state index is 0.673. The third kappa shape index (κ3) is 2.23. The van der Waals surface area contributed by atoms with Crippen LogP contribution in [0.2, 0.25) is 0 Å². The zero-order valence-corrected chi connectivity index (χ0v) is 6.84. The van der Waals surface area contributed by atoms with Crippen LogP contribution in [-0.2, 0) is 0 Å². The second-order valence-corrected chi connectivity index (χ2v) is 2.90. The molecule has 0 unspecified atom stereocenters. The van der Waals surface area contributed by atoms with Gasteiger partial charge in [0.1, 0.15) is 5.03 Å². The molecule has 1 aromatic rings. The Hall–Kier alpha value is -1.03. The van der Waals surface area contributed by atoms with Crippen molar-refractivity contribution in [3.8, 4) is 0 Å². The third-order valence-corrected chi connectivity index (χ3v) is 2.05. The zero-order chi connectivity index (χ0) is 8.10. The molecule has 0 atom stereocenters. The van der Waals surface area contributed by atoms with Crippen molar-refractivity contribution in [2.75, 3.05) is 11.5 Å². The van der Waals surface area contributed by atoms with E-state index in [2.05, 4.69) is 16.8 Å². The fourth-order valence-corrected chi connectivity index (χ4v) is 1.19. The lowest BCUT2D eigenvalue weighted by atomic mass is 10.5. The molecule has 0 aromatic carbocycles. The second-order valence-electron chi connectivity index (χ2n) is 1.89. The van der Waals surface area contributed by atoms with E-state index in [1.54, 1.807) is 18.3 Å². The van der Waals surface area contributed by atoms with Gasteiger partial charge >= 0.3 is 0 Å². The number of hydrogen-bond donors (Lipinski definition) is 1. The summed E-state index contributed by atoms with van der Waals surface area (Å²) in [5.74, 6) is 0.808. The molecule has 0 aliphatic heterocycles. The molecule has 0 radical (unpaired) electrons. The number of hydrogen-bond acceptors (Lipinski definition) is 4. The molecule has 2 N–H and O–H groups in total. The topological polar surface area (TPSA) is 51.8 Å². The Kier molecular flexibility index (Phi) is 2.92. The minimum Gasteiger partial charge on any atom is -0.396 e. The van der Waals surface area contributed by atoms with Crippen molar-refractivity contribution in [1.29, 1.82) is 0 Å². The molecule has 11 heavy (non-hydrogen) atoms. The van der Waals surface area contributed by atoms with Crippen molar-refractivity contribution in [3.05, 3.63) is 24.9 Å². The van der Waals surface area contributed by atoms with Crippen LogP contribution in [-0.4, -0.2) is 16.0 Å². The molecule has 0 aliphatic carbocycles. The van der Waals surface area contributed by atoms with E-state index < -0.39 is 0 Å². The molecule has 58 valence electrons. The van der Waals surface area contributed by atoms with Crippen molar-refractivity contribution in [3.63, 3.8) is 0 Å². The van der Waals surface area contributed by atoms with Crippen LogP contribution in [0.4, 0.5) is 5.69 Å². The van der Waals surface area contributed by atoms with Gasteiger partial charge in [0.25, 0.3) is 0 Å². The summed E-state index contributed by atoms with van der Waals surface area (Å²) in [5, 5.41) is 8.34. The minimum atomic E-state index is 0.673. The molecule has 0 amide bonds.